The zero-order valence-corrected chi connectivity index (χ0v) is 19.7. The number of anilines is 2. The molecule has 1 aliphatic carbocycles. The number of aromatic nitrogens is 1. The van der Waals surface area contributed by atoms with Crippen molar-refractivity contribution in [2.24, 2.45) is 0 Å². The highest BCUT2D eigenvalue weighted by atomic mass is 79.9. The van der Waals surface area contributed by atoms with Crippen LogP contribution >= 0.6 is 38.9 Å². The van der Waals surface area contributed by atoms with Crippen LogP contribution in [0.5, 0.6) is 0 Å². The molecule has 0 atom stereocenters. The Morgan fingerprint density at radius 1 is 1.03 bits per heavy atom. The summed E-state index contributed by atoms with van der Waals surface area (Å²) in [7, 11) is 0. The molecule has 0 fully saturated rings. The number of nitrogens with zero attached hydrogens (tertiary/aromatic N) is 1. The van der Waals surface area contributed by atoms with Gasteiger partial charge in [-0.3, -0.25) is 4.79 Å². The molecular formula is C24H19BrClN3OS. The number of nitrogens with one attached hydrogen (secondary N) is 1. The normalized spacial score (nSPS) is 13.2. The number of amides is 1. The number of halogens is 2. The van der Waals surface area contributed by atoms with E-state index in [1.165, 1.54) is 22.5 Å². The quantitative estimate of drug-likeness (QED) is 0.308. The Hall–Kier alpha value is -2.41. The summed E-state index contributed by atoms with van der Waals surface area (Å²) in [4.78, 5) is 19.3. The zero-order valence-electron chi connectivity index (χ0n) is 16.5. The van der Waals surface area contributed by atoms with Crippen molar-refractivity contribution < 1.29 is 4.79 Å². The van der Waals surface area contributed by atoms with E-state index in [0.717, 1.165) is 57.3 Å². The summed E-state index contributed by atoms with van der Waals surface area (Å²) in [5, 5.41) is 4.59. The molecule has 31 heavy (non-hydrogen) atoms. The summed E-state index contributed by atoms with van der Waals surface area (Å²) in [5.41, 5.74) is 12.3. The highest BCUT2D eigenvalue weighted by Crippen LogP contribution is 2.42. The van der Waals surface area contributed by atoms with Crippen LogP contribution in [-0.2, 0) is 12.8 Å². The smallest absolute Gasteiger partial charge is 0.267 e. The zero-order chi connectivity index (χ0) is 21.5. The number of thiophene rings is 1. The van der Waals surface area contributed by atoms with Gasteiger partial charge in [-0.25, -0.2) is 4.98 Å². The minimum absolute atomic E-state index is 0.208. The van der Waals surface area contributed by atoms with Crippen molar-refractivity contribution in [1.29, 1.82) is 0 Å². The molecule has 0 saturated carbocycles. The Bertz CT molecular complexity index is 1300. The van der Waals surface area contributed by atoms with E-state index in [1.54, 1.807) is 0 Å². The van der Waals surface area contributed by atoms with Crippen molar-refractivity contribution in [2.45, 2.75) is 25.7 Å². The lowest BCUT2D eigenvalue weighted by molar-refractivity contribution is 0.103. The molecule has 2 heterocycles. The minimum Gasteiger partial charge on any atom is -0.397 e. The Morgan fingerprint density at radius 2 is 1.71 bits per heavy atom. The standard InChI is InChI=1S/C24H19BrClN3OS/c25-14-7-11-16(12-8-14)28-23(30)22-20(27)19-17-3-1-2-4-18(17)21(29-24(19)31-22)13-5-9-15(26)10-6-13/h5-12H,1-4,27H2,(H,28,30). The third-order valence-corrected chi connectivity index (χ3v) is 7.50. The summed E-state index contributed by atoms with van der Waals surface area (Å²) >= 11 is 10.9. The average molecular weight is 513 g/mol. The molecule has 5 rings (SSSR count). The number of carbonyl (C=O) groups excluding carboxylic acids is 1. The summed E-state index contributed by atoms with van der Waals surface area (Å²) < 4.78 is 0.956. The molecule has 0 saturated heterocycles. The second kappa shape index (κ2) is 8.26. The minimum atomic E-state index is -0.208. The number of aryl methyl sites for hydroxylation is 1. The van der Waals surface area contributed by atoms with Crippen LogP contribution in [0.25, 0.3) is 21.5 Å². The van der Waals surface area contributed by atoms with Gasteiger partial charge in [0.15, 0.2) is 0 Å². The van der Waals surface area contributed by atoms with Gasteiger partial charge in [0.1, 0.15) is 9.71 Å². The molecule has 156 valence electrons. The van der Waals surface area contributed by atoms with Crippen molar-refractivity contribution in [3.8, 4) is 11.3 Å². The number of rotatable bonds is 3. The van der Waals surface area contributed by atoms with Gasteiger partial charge in [0.2, 0.25) is 0 Å². The first kappa shape index (κ1) is 20.5. The highest BCUT2D eigenvalue weighted by Gasteiger charge is 2.25. The second-order valence-electron chi connectivity index (χ2n) is 7.62. The van der Waals surface area contributed by atoms with Gasteiger partial charge in [-0.05, 0) is 73.2 Å². The van der Waals surface area contributed by atoms with E-state index < -0.39 is 0 Å². The Kier molecular flexibility index (Phi) is 5.46. The van der Waals surface area contributed by atoms with Gasteiger partial charge in [-0.1, -0.05) is 39.7 Å². The van der Waals surface area contributed by atoms with Gasteiger partial charge in [-0.2, -0.15) is 0 Å². The summed E-state index contributed by atoms with van der Waals surface area (Å²) in [6, 6.07) is 15.3. The molecule has 1 aliphatic rings. The van der Waals surface area contributed by atoms with Crippen LogP contribution < -0.4 is 11.1 Å². The van der Waals surface area contributed by atoms with Crippen molar-refractivity contribution in [2.75, 3.05) is 11.1 Å². The van der Waals surface area contributed by atoms with Gasteiger partial charge in [-0.15, -0.1) is 11.3 Å². The predicted molar refractivity (Wildman–Crippen MR) is 133 cm³/mol. The number of hydrogen-bond donors (Lipinski definition) is 2. The van der Waals surface area contributed by atoms with Crippen molar-refractivity contribution >= 4 is 66.4 Å². The number of fused-ring (bicyclic) bond motifs is 3. The molecule has 0 bridgehead atoms. The fraction of sp³-hybridized carbons (Fsp3) is 0.167. The molecular weight excluding hydrogens is 494 g/mol. The van der Waals surface area contributed by atoms with Crippen LogP contribution in [0.15, 0.2) is 53.0 Å². The molecule has 1 amide bonds. The van der Waals surface area contributed by atoms with E-state index in [9.17, 15) is 4.79 Å². The lowest BCUT2D eigenvalue weighted by atomic mass is 9.87. The van der Waals surface area contributed by atoms with Crippen molar-refractivity contribution in [3.05, 3.63) is 74.0 Å². The van der Waals surface area contributed by atoms with Crippen molar-refractivity contribution in [1.82, 2.24) is 4.98 Å². The molecule has 0 spiro atoms. The molecule has 3 N–H and O–H groups in total. The largest absolute Gasteiger partial charge is 0.397 e. The maximum Gasteiger partial charge on any atom is 0.267 e. The van der Waals surface area contributed by atoms with Crippen LogP contribution in [0.4, 0.5) is 11.4 Å². The topological polar surface area (TPSA) is 68.0 Å². The molecule has 0 aliphatic heterocycles. The van der Waals surface area contributed by atoms with E-state index >= 15 is 0 Å². The van der Waals surface area contributed by atoms with E-state index in [4.69, 9.17) is 22.3 Å². The van der Waals surface area contributed by atoms with E-state index in [-0.39, 0.29) is 5.91 Å². The fourth-order valence-corrected chi connectivity index (χ4v) is 5.56. The van der Waals surface area contributed by atoms with Gasteiger partial charge in [0.05, 0.1) is 11.4 Å². The number of benzene rings is 2. The van der Waals surface area contributed by atoms with Crippen molar-refractivity contribution in [3.63, 3.8) is 0 Å². The molecule has 2 aromatic carbocycles. The number of pyridine rings is 1. The Labute approximate surface area is 197 Å². The van der Waals surface area contributed by atoms with Crippen LogP contribution in [0.2, 0.25) is 5.02 Å². The predicted octanol–water partition coefficient (Wildman–Crippen LogP) is 7.09. The Morgan fingerprint density at radius 3 is 2.42 bits per heavy atom. The first-order valence-corrected chi connectivity index (χ1v) is 12.1. The van der Waals surface area contributed by atoms with Gasteiger partial charge >= 0.3 is 0 Å². The third kappa shape index (κ3) is 3.84. The number of carbonyl (C=O) groups is 1. The highest BCUT2D eigenvalue weighted by molar-refractivity contribution is 9.10. The lowest BCUT2D eigenvalue weighted by Gasteiger charge is -2.20. The second-order valence-corrected chi connectivity index (χ2v) is 9.97. The number of hydrogen-bond acceptors (Lipinski definition) is 4. The van der Waals surface area contributed by atoms with E-state index in [1.807, 2.05) is 48.5 Å². The van der Waals surface area contributed by atoms with E-state index in [2.05, 4.69) is 21.2 Å². The van der Waals surface area contributed by atoms with Gasteiger partial charge in [0.25, 0.3) is 5.91 Å². The monoisotopic (exact) mass is 511 g/mol. The lowest BCUT2D eigenvalue weighted by Crippen LogP contribution is -2.12. The van der Waals surface area contributed by atoms with Crippen LogP contribution in [0.3, 0.4) is 0 Å². The molecule has 4 aromatic rings. The summed E-state index contributed by atoms with van der Waals surface area (Å²) in [6.45, 7) is 0. The SMILES string of the molecule is Nc1c(C(=O)Nc2ccc(Br)cc2)sc2nc(-c3ccc(Cl)cc3)c3c(c12)CCCC3. The molecule has 0 unspecified atom stereocenters. The number of nitrogen functional groups attached to an aromatic ring is 1. The molecule has 0 radical (unpaired) electrons. The molecule has 2 aromatic heterocycles. The third-order valence-electron chi connectivity index (χ3n) is 5.62. The Balaban J connectivity index is 1.62. The maximum atomic E-state index is 13.0. The van der Waals surface area contributed by atoms with Crippen LogP contribution in [0, 0.1) is 0 Å². The van der Waals surface area contributed by atoms with Crippen LogP contribution in [0.1, 0.15) is 33.6 Å². The van der Waals surface area contributed by atoms with E-state index in [0.29, 0.717) is 15.6 Å². The van der Waals surface area contributed by atoms with Gasteiger partial charge < -0.3 is 11.1 Å². The average Bonchev–Trinajstić information content (AvgIpc) is 3.12. The van der Waals surface area contributed by atoms with Crippen LogP contribution in [-0.4, -0.2) is 10.9 Å². The summed E-state index contributed by atoms with van der Waals surface area (Å²) in [5.74, 6) is -0.208. The fourth-order valence-electron chi connectivity index (χ4n) is 4.15. The maximum absolute atomic E-state index is 13.0. The molecule has 7 heteroatoms. The first-order chi connectivity index (χ1) is 15.0. The first-order valence-electron chi connectivity index (χ1n) is 10.1. The molecule has 4 nitrogen and oxygen atoms in total. The number of nitrogens with two attached hydrogens (primary N) is 1. The van der Waals surface area contributed by atoms with Gasteiger partial charge in [0, 0.05) is 26.1 Å². The summed E-state index contributed by atoms with van der Waals surface area (Å²) in [6.07, 6.45) is 4.15.